The second-order valence-corrected chi connectivity index (χ2v) is 4.56. The molecule has 0 bridgehead atoms. The number of hydrogen-bond acceptors (Lipinski definition) is 3. The SMILES string of the molecule is CCC1CCN(C(=O)c2cccc(N)c2O)C1. The zero-order chi connectivity index (χ0) is 12.4. The molecule has 2 rings (SSSR count). The van der Waals surface area contributed by atoms with Crippen LogP contribution in [-0.4, -0.2) is 29.0 Å². The standard InChI is InChI=1S/C13H18N2O2/c1-2-9-6-7-15(8-9)13(17)10-4-3-5-11(14)12(10)16/h3-5,9,16H,2,6-8,14H2,1H3. The highest BCUT2D eigenvalue weighted by atomic mass is 16.3. The Kier molecular flexibility index (Phi) is 3.22. The van der Waals surface area contributed by atoms with Gasteiger partial charge in [0.05, 0.1) is 11.3 Å². The first-order valence-electron chi connectivity index (χ1n) is 6.00. The van der Waals surface area contributed by atoms with E-state index in [2.05, 4.69) is 6.92 Å². The van der Waals surface area contributed by atoms with Crippen LogP contribution in [0.3, 0.4) is 0 Å². The number of amides is 1. The Bertz CT molecular complexity index is 431. The Hall–Kier alpha value is -1.71. The normalized spacial score (nSPS) is 19.6. The highest BCUT2D eigenvalue weighted by Crippen LogP contribution is 2.28. The Morgan fingerprint density at radius 2 is 2.35 bits per heavy atom. The lowest BCUT2D eigenvalue weighted by molar-refractivity contribution is 0.0784. The zero-order valence-corrected chi connectivity index (χ0v) is 10.0. The summed E-state index contributed by atoms with van der Waals surface area (Å²) in [6.07, 6.45) is 2.14. The van der Waals surface area contributed by atoms with Crippen LogP contribution in [0.5, 0.6) is 5.75 Å². The van der Waals surface area contributed by atoms with Gasteiger partial charge in [0.2, 0.25) is 0 Å². The van der Waals surface area contributed by atoms with Crippen molar-refractivity contribution in [1.82, 2.24) is 4.90 Å². The minimum atomic E-state index is -0.120. The topological polar surface area (TPSA) is 66.6 Å². The molecule has 0 aromatic heterocycles. The minimum Gasteiger partial charge on any atom is -0.505 e. The molecule has 1 amide bonds. The predicted octanol–water partition coefficient (Wildman–Crippen LogP) is 1.85. The number of nitrogens with two attached hydrogens (primary N) is 1. The third-order valence-electron chi connectivity index (χ3n) is 3.45. The van der Waals surface area contributed by atoms with Crippen LogP contribution in [0.25, 0.3) is 0 Å². The number of phenols is 1. The zero-order valence-electron chi connectivity index (χ0n) is 10.0. The van der Waals surface area contributed by atoms with Crippen LogP contribution in [0.15, 0.2) is 18.2 Å². The van der Waals surface area contributed by atoms with Crippen molar-refractivity contribution in [3.05, 3.63) is 23.8 Å². The van der Waals surface area contributed by atoms with Crippen molar-refractivity contribution in [1.29, 1.82) is 0 Å². The molecule has 1 heterocycles. The molecule has 92 valence electrons. The molecule has 0 aliphatic carbocycles. The van der Waals surface area contributed by atoms with E-state index < -0.39 is 0 Å². The molecule has 4 heteroatoms. The number of rotatable bonds is 2. The second kappa shape index (κ2) is 4.65. The summed E-state index contributed by atoms with van der Waals surface area (Å²) in [6.45, 7) is 3.69. The van der Waals surface area contributed by atoms with Gasteiger partial charge in [0.25, 0.3) is 5.91 Å². The van der Waals surface area contributed by atoms with Gasteiger partial charge in [-0.25, -0.2) is 0 Å². The molecule has 1 aliphatic rings. The fourth-order valence-electron chi connectivity index (χ4n) is 2.25. The van der Waals surface area contributed by atoms with Gasteiger partial charge in [0.1, 0.15) is 0 Å². The van der Waals surface area contributed by atoms with Crippen LogP contribution in [0.4, 0.5) is 5.69 Å². The van der Waals surface area contributed by atoms with Crippen LogP contribution in [-0.2, 0) is 0 Å². The summed E-state index contributed by atoms with van der Waals surface area (Å²) in [4.78, 5) is 14.0. The van der Waals surface area contributed by atoms with Gasteiger partial charge in [-0.2, -0.15) is 0 Å². The molecule has 1 fully saturated rings. The van der Waals surface area contributed by atoms with E-state index in [9.17, 15) is 9.90 Å². The van der Waals surface area contributed by atoms with Gasteiger partial charge in [-0.15, -0.1) is 0 Å². The fourth-order valence-corrected chi connectivity index (χ4v) is 2.25. The number of anilines is 1. The molecule has 4 nitrogen and oxygen atoms in total. The summed E-state index contributed by atoms with van der Waals surface area (Å²) in [5.74, 6) is 0.366. The number of aromatic hydroxyl groups is 1. The molecule has 1 atom stereocenters. The van der Waals surface area contributed by atoms with E-state index in [1.54, 1.807) is 23.1 Å². The number of benzene rings is 1. The maximum absolute atomic E-state index is 12.2. The molecule has 3 N–H and O–H groups in total. The Morgan fingerprint density at radius 3 is 3.00 bits per heavy atom. The molecule has 0 spiro atoms. The number of likely N-dealkylation sites (tertiary alicyclic amines) is 1. The molecule has 1 aliphatic heterocycles. The van der Waals surface area contributed by atoms with Gasteiger partial charge < -0.3 is 15.7 Å². The van der Waals surface area contributed by atoms with E-state index in [4.69, 9.17) is 5.73 Å². The first kappa shape index (κ1) is 11.8. The molecule has 1 saturated heterocycles. The van der Waals surface area contributed by atoms with Crippen LogP contribution in [0, 0.1) is 5.92 Å². The first-order chi connectivity index (χ1) is 8.13. The molecular formula is C13H18N2O2. The van der Waals surface area contributed by atoms with E-state index in [1.165, 1.54) is 0 Å². The average Bonchev–Trinajstić information content (AvgIpc) is 2.80. The van der Waals surface area contributed by atoms with Crippen LogP contribution in [0.1, 0.15) is 30.1 Å². The number of nitrogens with zero attached hydrogens (tertiary/aromatic N) is 1. The van der Waals surface area contributed by atoms with Gasteiger partial charge in [0.15, 0.2) is 5.75 Å². The first-order valence-corrected chi connectivity index (χ1v) is 6.00. The average molecular weight is 234 g/mol. The van der Waals surface area contributed by atoms with E-state index >= 15 is 0 Å². The van der Waals surface area contributed by atoms with Crippen molar-refractivity contribution in [3.8, 4) is 5.75 Å². The van der Waals surface area contributed by atoms with Gasteiger partial charge in [0, 0.05) is 13.1 Å². The number of para-hydroxylation sites is 1. The van der Waals surface area contributed by atoms with Crippen molar-refractivity contribution >= 4 is 11.6 Å². The van der Waals surface area contributed by atoms with E-state index in [-0.39, 0.29) is 17.3 Å². The lowest BCUT2D eigenvalue weighted by Crippen LogP contribution is -2.28. The summed E-state index contributed by atoms with van der Waals surface area (Å²) >= 11 is 0. The summed E-state index contributed by atoms with van der Waals surface area (Å²) in [5.41, 5.74) is 6.15. The number of carbonyl (C=O) groups is 1. The van der Waals surface area contributed by atoms with Gasteiger partial charge in [-0.05, 0) is 24.5 Å². The van der Waals surface area contributed by atoms with Gasteiger partial charge in [-0.1, -0.05) is 19.4 Å². The minimum absolute atomic E-state index is 0.0996. The number of hydrogen-bond donors (Lipinski definition) is 2. The molecule has 0 saturated carbocycles. The maximum atomic E-state index is 12.2. The summed E-state index contributed by atoms with van der Waals surface area (Å²) in [5, 5.41) is 9.78. The second-order valence-electron chi connectivity index (χ2n) is 4.56. The third kappa shape index (κ3) is 2.20. The Morgan fingerprint density at radius 1 is 1.59 bits per heavy atom. The van der Waals surface area contributed by atoms with Gasteiger partial charge in [-0.3, -0.25) is 4.79 Å². The highest BCUT2D eigenvalue weighted by molar-refractivity contribution is 5.98. The lowest BCUT2D eigenvalue weighted by atomic mass is 10.1. The van der Waals surface area contributed by atoms with Crippen LogP contribution < -0.4 is 5.73 Å². The molecule has 17 heavy (non-hydrogen) atoms. The largest absolute Gasteiger partial charge is 0.505 e. The van der Waals surface area contributed by atoms with Crippen molar-refractivity contribution < 1.29 is 9.90 Å². The lowest BCUT2D eigenvalue weighted by Gasteiger charge is -2.17. The number of carbonyl (C=O) groups excluding carboxylic acids is 1. The van der Waals surface area contributed by atoms with Crippen LogP contribution in [0.2, 0.25) is 0 Å². The number of phenolic OH excluding ortho intramolecular Hbond substituents is 1. The monoisotopic (exact) mass is 234 g/mol. The molecule has 0 radical (unpaired) electrons. The Labute approximate surface area is 101 Å². The summed E-state index contributed by atoms with van der Waals surface area (Å²) < 4.78 is 0. The summed E-state index contributed by atoms with van der Waals surface area (Å²) in [6, 6.07) is 4.90. The van der Waals surface area contributed by atoms with Crippen molar-refractivity contribution in [3.63, 3.8) is 0 Å². The molecular weight excluding hydrogens is 216 g/mol. The fraction of sp³-hybridized carbons (Fsp3) is 0.462. The van der Waals surface area contributed by atoms with E-state index in [0.29, 0.717) is 11.5 Å². The highest BCUT2D eigenvalue weighted by Gasteiger charge is 2.27. The third-order valence-corrected chi connectivity index (χ3v) is 3.45. The predicted molar refractivity (Wildman–Crippen MR) is 66.8 cm³/mol. The maximum Gasteiger partial charge on any atom is 0.257 e. The molecule has 1 aromatic rings. The van der Waals surface area contributed by atoms with E-state index in [1.807, 2.05) is 0 Å². The Balaban J connectivity index is 2.18. The number of nitrogen functional groups attached to an aromatic ring is 1. The van der Waals surface area contributed by atoms with Crippen LogP contribution >= 0.6 is 0 Å². The molecule has 1 aromatic carbocycles. The van der Waals surface area contributed by atoms with Crippen molar-refractivity contribution in [2.75, 3.05) is 18.8 Å². The van der Waals surface area contributed by atoms with Crippen molar-refractivity contribution in [2.24, 2.45) is 5.92 Å². The summed E-state index contributed by atoms with van der Waals surface area (Å²) in [7, 11) is 0. The molecule has 1 unspecified atom stereocenters. The smallest absolute Gasteiger partial charge is 0.257 e. The van der Waals surface area contributed by atoms with Crippen molar-refractivity contribution in [2.45, 2.75) is 19.8 Å². The van der Waals surface area contributed by atoms with Gasteiger partial charge >= 0.3 is 0 Å². The quantitative estimate of drug-likeness (QED) is 0.606. The van der Waals surface area contributed by atoms with E-state index in [0.717, 1.165) is 25.9 Å².